The number of carboxylic acids is 1. The van der Waals surface area contributed by atoms with Gasteiger partial charge in [-0.25, -0.2) is 0 Å². The normalized spacial score (nSPS) is 18.2. The molecule has 0 bridgehead atoms. The lowest BCUT2D eigenvalue weighted by molar-refractivity contribution is -0.139. The van der Waals surface area contributed by atoms with Gasteiger partial charge in [-0.15, -0.1) is 0 Å². The minimum absolute atomic E-state index is 0.0830. The molecule has 22 heavy (non-hydrogen) atoms. The molecule has 0 radical (unpaired) electrons. The average molecular weight is 305 g/mol. The van der Waals surface area contributed by atoms with Gasteiger partial charge in [0.15, 0.2) is 0 Å². The van der Waals surface area contributed by atoms with E-state index in [4.69, 9.17) is 9.84 Å². The summed E-state index contributed by atoms with van der Waals surface area (Å²) in [6.45, 7) is 3.33. The van der Waals surface area contributed by atoms with Gasteiger partial charge < -0.3 is 14.7 Å². The van der Waals surface area contributed by atoms with Gasteiger partial charge >= 0.3 is 5.97 Å². The number of hydrogen-bond donors (Lipinski definition) is 1. The highest BCUT2D eigenvalue weighted by atomic mass is 16.5. The van der Waals surface area contributed by atoms with Crippen LogP contribution in [0.4, 0.5) is 0 Å². The zero-order valence-corrected chi connectivity index (χ0v) is 13.0. The van der Waals surface area contributed by atoms with Crippen molar-refractivity contribution in [1.82, 2.24) is 4.90 Å². The van der Waals surface area contributed by atoms with E-state index in [9.17, 15) is 9.59 Å². The molecule has 1 saturated heterocycles. The van der Waals surface area contributed by atoms with Crippen LogP contribution in [0, 0.1) is 0 Å². The Balaban J connectivity index is 2.06. The van der Waals surface area contributed by atoms with E-state index < -0.39 is 12.0 Å². The predicted molar refractivity (Wildman–Crippen MR) is 83.0 cm³/mol. The number of morpholine rings is 1. The van der Waals surface area contributed by atoms with Crippen LogP contribution in [-0.2, 0) is 16.0 Å². The standard InChI is InChI=1S/C17H23NO4/c1-2-3-4-13-5-7-14(8-6-13)17(21)18-9-10-22-12-15(18)11-16(19)20/h5-8,15H,2-4,9-12H2,1H3,(H,19,20)/t15-/m0/s1. The van der Waals surface area contributed by atoms with E-state index in [-0.39, 0.29) is 18.9 Å². The highest BCUT2D eigenvalue weighted by Crippen LogP contribution is 2.16. The third-order valence-electron chi connectivity index (χ3n) is 3.92. The molecule has 0 saturated carbocycles. The Morgan fingerprint density at radius 2 is 2.05 bits per heavy atom. The monoisotopic (exact) mass is 305 g/mol. The van der Waals surface area contributed by atoms with Crippen LogP contribution in [0.1, 0.15) is 42.1 Å². The summed E-state index contributed by atoms with van der Waals surface area (Å²) in [5.74, 6) is -1.03. The van der Waals surface area contributed by atoms with Crippen LogP contribution >= 0.6 is 0 Å². The van der Waals surface area contributed by atoms with Gasteiger partial charge in [0.05, 0.1) is 25.7 Å². The number of carboxylic acid groups (broad SMARTS) is 1. The topological polar surface area (TPSA) is 66.8 Å². The number of hydrogen-bond acceptors (Lipinski definition) is 3. The molecule has 1 heterocycles. The number of carbonyl (C=O) groups excluding carboxylic acids is 1. The van der Waals surface area contributed by atoms with Crippen molar-refractivity contribution >= 4 is 11.9 Å². The Labute approximate surface area is 130 Å². The fourth-order valence-electron chi connectivity index (χ4n) is 2.65. The van der Waals surface area contributed by atoms with Gasteiger partial charge in [-0.3, -0.25) is 9.59 Å². The molecule has 0 aromatic heterocycles. The average Bonchev–Trinajstić information content (AvgIpc) is 2.53. The smallest absolute Gasteiger partial charge is 0.305 e. The maximum atomic E-state index is 12.6. The molecule has 1 fully saturated rings. The highest BCUT2D eigenvalue weighted by molar-refractivity contribution is 5.94. The summed E-state index contributed by atoms with van der Waals surface area (Å²) in [5.41, 5.74) is 1.83. The molecule has 5 nitrogen and oxygen atoms in total. The first-order valence-electron chi connectivity index (χ1n) is 7.81. The van der Waals surface area contributed by atoms with Crippen molar-refractivity contribution in [2.75, 3.05) is 19.8 Å². The number of amides is 1. The van der Waals surface area contributed by atoms with Crippen molar-refractivity contribution in [3.63, 3.8) is 0 Å². The third-order valence-corrected chi connectivity index (χ3v) is 3.92. The van der Waals surface area contributed by atoms with Crippen molar-refractivity contribution in [1.29, 1.82) is 0 Å². The lowest BCUT2D eigenvalue weighted by atomic mass is 10.0. The van der Waals surface area contributed by atoms with E-state index in [1.54, 1.807) is 4.90 Å². The van der Waals surface area contributed by atoms with E-state index in [1.165, 1.54) is 5.56 Å². The van der Waals surface area contributed by atoms with Gasteiger partial charge in [-0.2, -0.15) is 0 Å². The van der Waals surface area contributed by atoms with E-state index >= 15 is 0 Å². The summed E-state index contributed by atoms with van der Waals surface area (Å²) in [5, 5.41) is 8.96. The molecular weight excluding hydrogens is 282 g/mol. The summed E-state index contributed by atoms with van der Waals surface area (Å²) >= 11 is 0. The maximum Gasteiger partial charge on any atom is 0.305 e. The molecule has 1 aliphatic heterocycles. The van der Waals surface area contributed by atoms with Crippen LogP contribution in [0.15, 0.2) is 24.3 Å². The van der Waals surface area contributed by atoms with Crippen molar-refractivity contribution in [2.45, 2.75) is 38.6 Å². The van der Waals surface area contributed by atoms with Crippen molar-refractivity contribution in [3.8, 4) is 0 Å². The molecule has 1 aromatic rings. The number of carbonyl (C=O) groups is 2. The first-order chi connectivity index (χ1) is 10.6. The zero-order valence-electron chi connectivity index (χ0n) is 13.0. The highest BCUT2D eigenvalue weighted by Gasteiger charge is 2.29. The molecular formula is C17H23NO4. The van der Waals surface area contributed by atoms with Crippen LogP contribution < -0.4 is 0 Å². The van der Waals surface area contributed by atoms with Crippen LogP contribution in [0.3, 0.4) is 0 Å². The second kappa shape index (κ2) is 7.94. The van der Waals surface area contributed by atoms with E-state index in [1.807, 2.05) is 24.3 Å². The zero-order chi connectivity index (χ0) is 15.9. The number of benzene rings is 1. The Morgan fingerprint density at radius 3 is 2.68 bits per heavy atom. The van der Waals surface area contributed by atoms with Gasteiger partial charge in [-0.1, -0.05) is 25.5 Å². The number of nitrogens with zero attached hydrogens (tertiary/aromatic N) is 1. The molecule has 120 valence electrons. The number of aliphatic carboxylic acids is 1. The molecule has 0 unspecified atom stereocenters. The minimum Gasteiger partial charge on any atom is -0.481 e. The van der Waals surface area contributed by atoms with Gasteiger partial charge in [0, 0.05) is 12.1 Å². The molecule has 0 spiro atoms. The number of unbranched alkanes of at least 4 members (excludes halogenated alkanes) is 1. The summed E-state index contributed by atoms with van der Waals surface area (Å²) < 4.78 is 5.31. The molecule has 1 aliphatic rings. The molecule has 1 amide bonds. The molecule has 5 heteroatoms. The summed E-state index contributed by atoms with van der Waals surface area (Å²) in [7, 11) is 0. The van der Waals surface area contributed by atoms with Crippen LogP contribution in [0.5, 0.6) is 0 Å². The second-order valence-electron chi connectivity index (χ2n) is 5.63. The van der Waals surface area contributed by atoms with Crippen molar-refractivity contribution < 1.29 is 19.4 Å². The number of ether oxygens (including phenoxy) is 1. The van der Waals surface area contributed by atoms with E-state index in [0.29, 0.717) is 18.7 Å². The predicted octanol–water partition coefficient (Wildman–Crippen LogP) is 2.34. The van der Waals surface area contributed by atoms with E-state index in [2.05, 4.69) is 6.92 Å². The Bertz CT molecular complexity index is 512. The lowest BCUT2D eigenvalue weighted by Gasteiger charge is -2.34. The minimum atomic E-state index is -0.914. The van der Waals surface area contributed by atoms with Gasteiger partial charge in [0.1, 0.15) is 0 Å². The van der Waals surface area contributed by atoms with Gasteiger partial charge in [0.2, 0.25) is 0 Å². The first-order valence-corrected chi connectivity index (χ1v) is 7.81. The Hall–Kier alpha value is -1.88. The third kappa shape index (κ3) is 4.31. The van der Waals surface area contributed by atoms with Gasteiger partial charge in [-0.05, 0) is 30.5 Å². The molecule has 1 N–H and O–H groups in total. The maximum absolute atomic E-state index is 12.6. The number of aryl methyl sites for hydroxylation is 1. The van der Waals surface area contributed by atoms with E-state index in [0.717, 1.165) is 19.3 Å². The second-order valence-corrected chi connectivity index (χ2v) is 5.63. The van der Waals surface area contributed by atoms with Crippen LogP contribution in [0.2, 0.25) is 0 Å². The van der Waals surface area contributed by atoms with Crippen LogP contribution in [0.25, 0.3) is 0 Å². The summed E-state index contributed by atoms with van der Waals surface area (Å²) in [4.78, 5) is 25.1. The molecule has 1 atom stereocenters. The van der Waals surface area contributed by atoms with Gasteiger partial charge in [0.25, 0.3) is 5.91 Å². The summed E-state index contributed by atoms with van der Waals surface area (Å²) in [6, 6.07) is 7.24. The summed E-state index contributed by atoms with van der Waals surface area (Å²) in [6.07, 6.45) is 3.22. The largest absolute Gasteiger partial charge is 0.481 e. The SMILES string of the molecule is CCCCc1ccc(C(=O)N2CCOC[C@@H]2CC(=O)O)cc1. The molecule has 2 rings (SSSR count). The van der Waals surface area contributed by atoms with Crippen molar-refractivity contribution in [2.24, 2.45) is 0 Å². The quantitative estimate of drug-likeness (QED) is 0.876. The Morgan fingerprint density at radius 1 is 1.32 bits per heavy atom. The number of rotatable bonds is 6. The first kappa shape index (κ1) is 16.5. The lowest BCUT2D eigenvalue weighted by Crippen LogP contribution is -2.49. The molecule has 1 aromatic carbocycles. The fourth-order valence-corrected chi connectivity index (χ4v) is 2.65. The molecule has 0 aliphatic carbocycles. The fraction of sp³-hybridized carbons (Fsp3) is 0.529. The Kier molecular flexibility index (Phi) is 5.95. The van der Waals surface area contributed by atoms with Crippen LogP contribution in [-0.4, -0.2) is 47.7 Å². The van der Waals surface area contributed by atoms with Crippen molar-refractivity contribution in [3.05, 3.63) is 35.4 Å².